The van der Waals surface area contributed by atoms with Gasteiger partial charge in [0, 0.05) is 66.7 Å². The van der Waals surface area contributed by atoms with Crippen LogP contribution in [0, 0.1) is 0 Å². The number of rotatable bonds is 22. The summed E-state index contributed by atoms with van der Waals surface area (Å²) in [6, 6.07) is 0.698. The Labute approximate surface area is 172 Å². The van der Waals surface area contributed by atoms with Crippen LogP contribution < -0.4 is 21.7 Å². The van der Waals surface area contributed by atoms with E-state index in [1.54, 1.807) is 21.3 Å². The molecule has 0 radical (unpaired) electrons. The fourth-order valence-corrected chi connectivity index (χ4v) is 4.39. The third-order valence-corrected chi connectivity index (χ3v) is 7.23. The molecule has 0 fully saturated rings. The maximum atomic E-state index is 9.93. The lowest BCUT2D eigenvalue weighted by molar-refractivity contribution is 0.0352. The third-order valence-electron chi connectivity index (χ3n) is 4.40. The summed E-state index contributed by atoms with van der Waals surface area (Å²) >= 11 is 0. The molecule has 0 aromatic rings. The number of aliphatic hydroxyl groups is 1. The van der Waals surface area contributed by atoms with E-state index < -0.39 is 14.9 Å². The summed E-state index contributed by atoms with van der Waals surface area (Å²) in [5.41, 5.74) is 5.41. The Kier molecular flexibility index (Phi) is 20.0. The van der Waals surface area contributed by atoms with Gasteiger partial charge in [-0.05, 0) is 32.4 Å². The minimum Gasteiger partial charge on any atom is -0.389 e. The zero-order valence-electron chi connectivity index (χ0n) is 18.1. The summed E-state index contributed by atoms with van der Waals surface area (Å²) in [4.78, 5) is 0. The van der Waals surface area contributed by atoms with Crippen molar-refractivity contribution in [3.05, 3.63) is 0 Å². The summed E-state index contributed by atoms with van der Waals surface area (Å²) in [6.45, 7) is 6.90. The van der Waals surface area contributed by atoms with E-state index in [-0.39, 0.29) is 0 Å². The summed E-state index contributed by atoms with van der Waals surface area (Å²) in [6.07, 6.45) is 3.74. The monoisotopic (exact) mass is 424 g/mol. The van der Waals surface area contributed by atoms with Crippen molar-refractivity contribution in [2.45, 2.75) is 37.8 Å². The van der Waals surface area contributed by atoms with E-state index in [1.807, 2.05) is 0 Å². The average molecular weight is 425 g/mol. The van der Waals surface area contributed by atoms with E-state index in [4.69, 9.17) is 23.7 Å². The van der Waals surface area contributed by atoms with Gasteiger partial charge in [-0.15, -0.1) is 0 Å². The van der Waals surface area contributed by atoms with Crippen LogP contribution in [0.2, 0.25) is 6.04 Å². The highest BCUT2D eigenvalue weighted by atomic mass is 28.4. The van der Waals surface area contributed by atoms with Gasteiger partial charge in [-0.1, -0.05) is 6.42 Å². The van der Waals surface area contributed by atoms with E-state index in [2.05, 4.69) is 16.0 Å². The van der Waals surface area contributed by atoms with Crippen molar-refractivity contribution in [3.63, 3.8) is 0 Å². The van der Waals surface area contributed by atoms with Gasteiger partial charge < -0.3 is 44.8 Å². The maximum absolute atomic E-state index is 9.93. The fraction of sp³-hybridized carbons (Fsp3) is 1.00. The fourth-order valence-electron chi connectivity index (χ4n) is 2.70. The van der Waals surface area contributed by atoms with Crippen molar-refractivity contribution in [1.29, 1.82) is 0 Å². The highest BCUT2D eigenvalue weighted by Gasteiger charge is 2.36. The van der Waals surface area contributed by atoms with Crippen LogP contribution in [0.4, 0.5) is 0 Å². The number of nitrogens with one attached hydrogen (secondary N) is 3. The average Bonchev–Trinajstić information content (AvgIpc) is 2.72. The van der Waals surface area contributed by atoms with Crippen LogP contribution in [0.3, 0.4) is 0 Å². The molecule has 0 bridgehead atoms. The lowest BCUT2D eigenvalue weighted by Gasteiger charge is -2.24. The molecular weight excluding hydrogens is 380 g/mol. The molecule has 0 aliphatic rings. The largest absolute Gasteiger partial charge is 0.500 e. The Morgan fingerprint density at radius 3 is 2.04 bits per heavy atom. The van der Waals surface area contributed by atoms with Gasteiger partial charge in [0.1, 0.15) is 0 Å². The van der Waals surface area contributed by atoms with Crippen LogP contribution in [0.5, 0.6) is 0 Å². The van der Waals surface area contributed by atoms with Crippen molar-refractivity contribution >= 4 is 8.80 Å². The molecule has 0 spiro atoms. The van der Waals surface area contributed by atoms with E-state index in [9.17, 15) is 5.11 Å². The summed E-state index contributed by atoms with van der Waals surface area (Å²) < 4.78 is 21.6. The molecule has 9 nitrogen and oxygen atoms in total. The Bertz CT molecular complexity index is 320. The van der Waals surface area contributed by atoms with Gasteiger partial charge in [-0.25, -0.2) is 0 Å². The highest BCUT2D eigenvalue weighted by Crippen LogP contribution is 2.14. The SMILES string of the molecule is CO[Si](CCCOCC(O)CNCCCCCNCCNCCN)(OC)OC. The first-order valence-electron chi connectivity index (χ1n) is 10.4. The minimum absolute atomic E-state index is 0.330. The Hall–Kier alpha value is -0.143. The van der Waals surface area contributed by atoms with Crippen LogP contribution in [-0.2, 0) is 18.0 Å². The van der Waals surface area contributed by atoms with Gasteiger partial charge in [0.15, 0.2) is 0 Å². The summed E-state index contributed by atoms with van der Waals surface area (Å²) in [5.74, 6) is 0. The standard InChI is InChI=1S/C18H44N4O5Si/c1-24-28(25-2,26-3)15-7-14-27-17-18(23)16-22-10-6-4-5-9-20-12-13-21-11-8-19/h18,20-23H,4-17,19H2,1-3H3. The first-order chi connectivity index (χ1) is 13.6. The quantitative estimate of drug-likeness (QED) is 0.116. The lowest BCUT2D eigenvalue weighted by Crippen LogP contribution is -2.42. The van der Waals surface area contributed by atoms with Gasteiger partial charge in [-0.3, -0.25) is 0 Å². The number of aliphatic hydroxyl groups excluding tert-OH is 1. The molecule has 0 saturated heterocycles. The Morgan fingerprint density at radius 1 is 0.821 bits per heavy atom. The van der Waals surface area contributed by atoms with Crippen molar-refractivity contribution in [3.8, 4) is 0 Å². The second-order valence-electron chi connectivity index (χ2n) is 6.68. The van der Waals surface area contributed by atoms with Gasteiger partial charge >= 0.3 is 8.80 Å². The molecular formula is C18H44N4O5Si. The van der Waals surface area contributed by atoms with Gasteiger partial charge in [0.25, 0.3) is 0 Å². The van der Waals surface area contributed by atoms with E-state index >= 15 is 0 Å². The van der Waals surface area contributed by atoms with Crippen LogP contribution in [0.25, 0.3) is 0 Å². The molecule has 0 rings (SSSR count). The molecule has 6 N–H and O–H groups in total. The maximum Gasteiger partial charge on any atom is 0.500 e. The minimum atomic E-state index is -2.51. The normalized spacial score (nSPS) is 13.2. The van der Waals surface area contributed by atoms with Crippen LogP contribution >= 0.6 is 0 Å². The van der Waals surface area contributed by atoms with Crippen LogP contribution in [0.1, 0.15) is 25.7 Å². The number of unbranched alkanes of at least 4 members (excludes halogenated alkanes) is 2. The molecule has 0 aliphatic carbocycles. The molecule has 0 aliphatic heterocycles. The zero-order valence-corrected chi connectivity index (χ0v) is 19.1. The van der Waals surface area contributed by atoms with Crippen LogP contribution in [0.15, 0.2) is 0 Å². The van der Waals surface area contributed by atoms with E-state index in [1.165, 1.54) is 12.8 Å². The molecule has 28 heavy (non-hydrogen) atoms. The number of hydrogen-bond acceptors (Lipinski definition) is 9. The van der Waals surface area contributed by atoms with Gasteiger partial charge in [0.05, 0.1) is 12.7 Å². The second kappa shape index (κ2) is 20.1. The Balaban J connectivity index is 3.37. The topological polar surface area (TPSA) is 119 Å². The second-order valence-corrected chi connectivity index (χ2v) is 9.77. The van der Waals surface area contributed by atoms with Crippen molar-refractivity contribution in [2.75, 3.05) is 80.4 Å². The molecule has 0 saturated carbocycles. The van der Waals surface area contributed by atoms with Gasteiger partial charge in [-0.2, -0.15) is 0 Å². The van der Waals surface area contributed by atoms with E-state index in [0.717, 1.165) is 45.6 Å². The molecule has 0 aromatic heterocycles. The predicted molar refractivity (Wildman–Crippen MR) is 115 cm³/mol. The zero-order chi connectivity index (χ0) is 20.9. The molecule has 0 heterocycles. The summed E-state index contributed by atoms with van der Waals surface area (Å²) in [5, 5.41) is 19.9. The first-order valence-corrected chi connectivity index (χ1v) is 12.3. The molecule has 170 valence electrons. The van der Waals surface area contributed by atoms with Gasteiger partial charge in [0.2, 0.25) is 0 Å². The van der Waals surface area contributed by atoms with E-state index in [0.29, 0.717) is 32.3 Å². The smallest absolute Gasteiger partial charge is 0.389 e. The molecule has 0 amide bonds. The molecule has 0 aromatic carbocycles. The van der Waals surface area contributed by atoms with Crippen molar-refractivity contribution in [2.24, 2.45) is 5.73 Å². The predicted octanol–water partition coefficient (Wildman–Crippen LogP) is -0.470. The van der Waals surface area contributed by atoms with Crippen molar-refractivity contribution in [1.82, 2.24) is 16.0 Å². The highest BCUT2D eigenvalue weighted by molar-refractivity contribution is 6.60. The molecule has 10 heteroatoms. The lowest BCUT2D eigenvalue weighted by atomic mass is 10.2. The molecule has 1 atom stereocenters. The molecule has 1 unspecified atom stereocenters. The third kappa shape index (κ3) is 15.7. The number of ether oxygens (including phenoxy) is 1. The Morgan fingerprint density at radius 2 is 1.43 bits per heavy atom. The number of nitrogens with two attached hydrogens (primary N) is 1. The number of hydrogen-bond donors (Lipinski definition) is 5. The van der Waals surface area contributed by atoms with Crippen LogP contribution in [-0.4, -0.2) is 100 Å². The van der Waals surface area contributed by atoms with Crippen molar-refractivity contribution < 1.29 is 23.1 Å². The summed E-state index contributed by atoms with van der Waals surface area (Å²) in [7, 11) is 2.30. The first kappa shape index (κ1) is 27.9.